The highest BCUT2D eigenvalue weighted by molar-refractivity contribution is 7.92. The molecule has 0 spiro atoms. The topological polar surface area (TPSA) is 51.2 Å². The summed E-state index contributed by atoms with van der Waals surface area (Å²) in [5, 5.41) is -0.356. The molecule has 0 saturated heterocycles. The minimum Gasteiger partial charge on any atom is -0.295 e. The molecule has 0 N–H and O–H groups in total. The van der Waals surface area contributed by atoms with Gasteiger partial charge in [-0.15, -0.1) is 0 Å². The predicted octanol–water partition coefficient (Wildman–Crippen LogP) is 6.21. The van der Waals surface area contributed by atoms with Crippen LogP contribution < -0.4 is 0 Å². The van der Waals surface area contributed by atoms with Gasteiger partial charge in [-0.1, -0.05) is 44.1 Å². The molecule has 4 heteroatoms. The molecule has 1 unspecified atom stereocenters. The second-order valence-corrected chi connectivity index (χ2v) is 14.1. The Kier molecular flexibility index (Phi) is 5.83. The molecule has 176 valence electrons. The number of ketones is 1. The molecule has 3 nitrogen and oxygen atoms in total. The molecule has 3 saturated carbocycles. The molecule has 0 amide bonds. The highest BCUT2D eigenvalue weighted by atomic mass is 32.2. The van der Waals surface area contributed by atoms with Crippen LogP contribution in [0.2, 0.25) is 0 Å². The summed E-state index contributed by atoms with van der Waals surface area (Å²) in [4.78, 5) is 12.2. The quantitative estimate of drug-likeness (QED) is 0.365. The maximum atomic E-state index is 13.1. The average molecular weight is 457 g/mol. The zero-order valence-electron chi connectivity index (χ0n) is 20.1. The molecule has 0 radical (unpaired) electrons. The molecule has 0 aromatic heterocycles. The first-order valence-electron chi connectivity index (χ1n) is 13.0. The summed E-state index contributed by atoms with van der Waals surface area (Å²) in [6.07, 6.45) is 17.2. The molecule has 0 bridgehead atoms. The van der Waals surface area contributed by atoms with E-state index in [-0.39, 0.29) is 10.7 Å². The van der Waals surface area contributed by atoms with Gasteiger partial charge in [0.05, 0.1) is 5.75 Å². The molecule has 5 rings (SSSR count). The monoisotopic (exact) mass is 456 g/mol. The molecule has 1 heterocycles. The van der Waals surface area contributed by atoms with Crippen molar-refractivity contribution in [2.24, 2.45) is 35.0 Å². The molecule has 32 heavy (non-hydrogen) atoms. The van der Waals surface area contributed by atoms with Crippen LogP contribution in [0.25, 0.3) is 0 Å². The SMILES string of the molecule is C[C@H]1CCC2=C(C1)[C@@H](/C=C1\CCC[C@]3(C)C([C@H](C)/C=C/C(=O)C4CC4)CC[C@@H]13)S(=O)(=O)C2. The Hall–Kier alpha value is -1.16. The predicted molar refractivity (Wildman–Crippen MR) is 130 cm³/mol. The molecule has 6 atom stereocenters. The van der Waals surface area contributed by atoms with Crippen LogP contribution in [0.15, 0.2) is 34.9 Å². The van der Waals surface area contributed by atoms with E-state index in [1.165, 1.54) is 29.6 Å². The zero-order valence-corrected chi connectivity index (χ0v) is 20.9. The summed E-state index contributed by atoms with van der Waals surface area (Å²) in [5.41, 5.74) is 4.11. The molecule has 4 aliphatic carbocycles. The van der Waals surface area contributed by atoms with E-state index in [0.717, 1.165) is 51.4 Å². The van der Waals surface area contributed by atoms with Crippen LogP contribution in [0.1, 0.15) is 85.0 Å². The van der Waals surface area contributed by atoms with Crippen molar-refractivity contribution in [2.75, 3.05) is 5.75 Å². The molecule has 5 aliphatic rings. The van der Waals surface area contributed by atoms with E-state index in [9.17, 15) is 13.2 Å². The van der Waals surface area contributed by atoms with Gasteiger partial charge < -0.3 is 0 Å². The molecular formula is C28H40O3S. The van der Waals surface area contributed by atoms with E-state index in [4.69, 9.17) is 0 Å². The third kappa shape index (κ3) is 3.99. The summed E-state index contributed by atoms with van der Waals surface area (Å²) >= 11 is 0. The molecule has 3 fully saturated rings. The second-order valence-electron chi connectivity index (χ2n) is 11.9. The first kappa shape index (κ1) is 22.6. The van der Waals surface area contributed by atoms with Crippen molar-refractivity contribution in [3.63, 3.8) is 0 Å². The van der Waals surface area contributed by atoms with Crippen LogP contribution in [0.5, 0.6) is 0 Å². The van der Waals surface area contributed by atoms with Gasteiger partial charge in [0, 0.05) is 5.92 Å². The van der Waals surface area contributed by atoms with E-state index in [2.05, 4.69) is 32.9 Å². The lowest BCUT2D eigenvalue weighted by atomic mass is 9.61. The third-order valence-electron chi connectivity index (χ3n) is 9.65. The highest BCUT2D eigenvalue weighted by Crippen LogP contribution is 2.60. The largest absolute Gasteiger partial charge is 0.295 e. The van der Waals surface area contributed by atoms with Gasteiger partial charge in [0.1, 0.15) is 5.25 Å². The molecular weight excluding hydrogens is 416 g/mol. The van der Waals surface area contributed by atoms with E-state index in [0.29, 0.717) is 41.1 Å². The maximum Gasteiger partial charge on any atom is 0.164 e. The van der Waals surface area contributed by atoms with Crippen molar-refractivity contribution in [1.29, 1.82) is 0 Å². The Bertz CT molecular complexity index is 980. The highest BCUT2D eigenvalue weighted by Gasteiger charge is 2.51. The van der Waals surface area contributed by atoms with Gasteiger partial charge in [-0.25, -0.2) is 8.42 Å². The lowest BCUT2D eigenvalue weighted by molar-refractivity contribution is -0.115. The van der Waals surface area contributed by atoms with Crippen molar-refractivity contribution >= 4 is 15.6 Å². The minimum absolute atomic E-state index is 0.218. The van der Waals surface area contributed by atoms with Gasteiger partial charge >= 0.3 is 0 Å². The van der Waals surface area contributed by atoms with E-state index in [1.807, 2.05) is 6.08 Å². The third-order valence-corrected chi connectivity index (χ3v) is 11.6. The molecule has 0 aromatic rings. The number of hydrogen-bond acceptors (Lipinski definition) is 3. The average Bonchev–Trinajstić information content (AvgIpc) is 3.48. The standard InChI is InChI=1S/C28H40O3S/c1-18-6-8-22-17-32(30,31)27(23(22)15-18)16-21-5-4-14-28(3)24(11-12-25(21)28)19(2)7-13-26(29)20-9-10-20/h7,13,16,18-20,24-25,27H,4-6,8-12,14-15,17H2,1-3H3/b13-7+,21-16+/t18-,19+,24?,25-,27+,28+/m0/s1. The van der Waals surface area contributed by atoms with Gasteiger partial charge in [0.2, 0.25) is 0 Å². The normalized spacial score (nSPS) is 41.2. The van der Waals surface area contributed by atoms with Gasteiger partial charge in [-0.2, -0.15) is 0 Å². The lowest BCUT2D eigenvalue weighted by Gasteiger charge is -2.44. The Balaban J connectivity index is 1.38. The van der Waals surface area contributed by atoms with Crippen molar-refractivity contribution in [2.45, 2.75) is 90.2 Å². The van der Waals surface area contributed by atoms with Crippen LogP contribution in [0.3, 0.4) is 0 Å². The van der Waals surface area contributed by atoms with E-state index in [1.54, 1.807) is 0 Å². The molecule has 1 aliphatic heterocycles. The summed E-state index contributed by atoms with van der Waals surface area (Å²) in [6, 6.07) is 0. The smallest absolute Gasteiger partial charge is 0.164 e. The van der Waals surface area contributed by atoms with E-state index >= 15 is 0 Å². The van der Waals surface area contributed by atoms with Crippen LogP contribution >= 0.6 is 0 Å². The summed E-state index contributed by atoms with van der Waals surface area (Å²) in [5.74, 6) is 2.98. The fraction of sp³-hybridized carbons (Fsp3) is 0.750. The minimum atomic E-state index is -3.09. The zero-order chi connectivity index (χ0) is 22.7. The number of fused-ring (bicyclic) bond motifs is 1. The van der Waals surface area contributed by atoms with Gasteiger partial charge in [0.25, 0.3) is 0 Å². The fourth-order valence-electron chi connectivity index (χ4n) is 7.66. The van der Waals surface area contributed by atoms with Crippen molar-refractivity contribution in [1.82, 2.24) is 0 Å². The summed E-state index contributed by atoms with van der Waals surface area (Å²) in [7, 11) is -3.09. The van der Waals surface area contributed by atoms with Crippen molar-refractivity contribution in [3.8, 4) is 0 Å². The summed E-state index contributed by atoms with van der Waals surface area (Å²) in [6.45, 7) is 7.00. The maximum absolute atomic E-state index is 13.1. The van der Waals surface area contributed by atoms with Gasteiger partial charge in [-0.05, 0) is 105 Å². The Morgan fingerprint density at radius 3 is 2.66 bits per heavy atom. The van der Waals surface area contributed by atoms with Gasteiger partial charge in [-0.3, -0.25) is 4.79 Å². The summed E-state index contributed by atoms with van der Waals surface area (Å²) < 4.78 is 26.3. The van der Waals surface area contributed by atoms with Crippen molar-refractivity contribution < 1.29 is 13.2 Å². The number of carbonyl (C=O) groups is 1. The first-order valence-corrected chi connectivity index (χ1v) is 14.8. The Labute approximate surface area is 194 Å². The number of hydrogen-bond donors (Lipinski definition) is 0. The van der Waals surface area contributed by atoms with Crippen LogP contribution in [-0.2, 0) is 14.6 Å². The first-order chi connectivity index (χ1) is 15.2. The molecule has 0 aromatic carbocycles. The number of allylic oxidation sites excluding steroid dienone is 3. The number of sulfone groups is 1. The van der Waals surface area contributed by atoms with Gasteiger partial charge in [0.15, 0.2) is 15.6 Å². The second kappa shape index (κ2) is 8.25. The van der Waals surface area contributed by atoms with Crippen LogP contribution in [0.4, 0.5) is 0 Å². The number of rotatable bonds is 5. The fourth-order valence-corrected chi connectivity index (χ4v) is 9.73. The lowest BCUT2D eigenvalue weighted by Crippen LogP contribution is -2.36. The van der Waals surface area contributed by atoms with Crippen LogP contribution in [0, 0.1) is 35.0 Å². The van der Waals surface area contributed by atoms with Crippen molar-refractivity contribution in [3.05, 3.63) is 34.9 Å². The van der Waals surface area contributed by atoms with E-state index < -0.39 is 9.84 Å². The Morgan fingerprint density at radius 1 is 1.12 bits per heavy atom. The van der Waals surface area contributed by atoms with Crippen LogP contribution in [-0.4, -0.2) is 25.2 Å². The Morgan fingerprint density at radius 2 is 1.91 bits per heavy atom. The number of carbonyl (C=O) groups excluding carboxylic acids is 1.